The van der Waals surface area contributed by atoms with E-state index in [1.54, 1.807) is 35.4 Å². The Morgan fingerprint density at radius 3 is 2.27 bits per heavy atom. The third-order valence-electron chi connectivity index (χ3n) is 8.61. The van der Waals surface area contributed by atoms with Crippen LogP contribution in [0.1, 0.15) is 28.8 Å². The van der Waals surface area contributed by atoms with Crippen molar-refractivity contribution in [2.24, 2.45) is 0 Å². The minimum absolute atomic E-state index is 0.0478. The van der Waals surface area contributed by atoms with Gasteiger partial charge in [-0.1, -0.05) is 42.5 Å². The van der Waals surface area contributed by atoms with Gasteiger partial charge in [-0.15, -0.1) is 11.8 Å². The number of halogens is 2. The number of para-hydroxylation sites is 1. The maximum atomic E-state index is 13.7. The second-order valence-corrected chi connectivity index (χ2v) is 13.3. The molecule has 3 amide bonds. The van der Waals surface area contributed by atoms with Gasteiger partial charge in [0.25, 0.3) is 5.91 Å². The minimum atomic E-state index is -1.21. The quantitative estimate of drug-likeness (QED) is 0.0973. The number of aliphatic carboxylic acids is 1. The number of hydrogen-bond acceptors (Lipinski definition) is 7. The van der Waals surface area contributed by atoms with E-state index in [1.165, 1.54) is 60.3 Å². The first-order valence-corrected chi connectivity index (χ1v) is 17.3. The number of aliphatic hydroxyl groups is 1. The van der Waals surface area contributed by atoms with Gasteiger partial charge in [0.2, 0.25) is 11.8 Å². The highest BCUT2D eigenvalue weighted by Crippen LogP contribution is 2.46. The third kappa shape index (κ3) is 8.41. The first kappa shape index (κ1) is 36.1. The number of H-pyrrole nitrogens is 1. The number of rotatable bonds is 15. The molecule has 5 aromatic rings. The van der Waals surface area contributed by atoms with Crippen LogP contribution in [0.15, 0.2) is 103 Å². The summed E-state index contributed by atoms with van der Waals surface area (Å²) in [7, 11) is 0. The average molecular weight is 729 g/mol. The Morgan fingerprint density at radius 2 is 1.58 bits per heavy atom. The van der Waals surface area contributed by atoms with Gasteiger partial charge in [0, 0.05) is 35.0 Å². The van der Waals surface area contributed by atoms with Crippen molar-refractivity contribution in [2.45, 2.75) is 29.9 Å². The smallest absolute Gasteiger partial charge is 0.326 e. The number of aromatic nitrogens is 1. The zero-order chi connectivity index (χ0) is 36.8. The number of nitrogens with one attached hydrogen (secondary N) is 3. The second kappa shape index (κ2) is 16.1. The van der Waals surface area contributed by atoms with Gasteiger partial charge in [0.1, 0.15) is 28.7 Å². The van der Waals surface area contributed by atoms with Gasteiger partial charge in [0.15, 0.2) is 6.61 Å². The molecule has 6 rings (SSSR count). The van der Waals surface area contributed by atoms with Gasteiger partial charge in [-0.25, -0.2) is 13.6 Å². The van der Waals surface area contributed by atoms with Crippen molar-refractivity contribution in [1.82, 2.24) is 15.6 Å². The van der Waals surface area contributed by atoms with E-state index in [4.69, 9.17) is 4.74 Å². The van der Waals surface area contributed by atoms with Crippen LogP contribution in [-0.2, 0) is 25.6 Å². The maximum Gasteiger partial charge on any atom is 0.326 e. The fraction of sp³-hybridized carbons (Fsp3) is 0.211. The van der Waals surface area contributed by atoms with Crippen LogP contribution >= 0.6 is 11.8 Å². The van der Waals surface area contributed by atoms with Crippen molar-refractivity contribution in [2.75, 3.05) is 23.8 Å². The van der Waals surface area contributed by atoms with E-state index < -0.39 is 66.0 Å². The Morgan fingerprint density at radius 1 is 0.904 bits per heavy atom. The lowest BCUT2D eigenvalue weighted by Crippen LogP contribution is -2.57. The molecule has 0 spiro atoms. The van der Waals surface area contributed by atoms with E-state index in [2.05, 4.69) is 15.6 Å². The van der Waals surface area contributed by atoms with E-state index >= 15 is 0 Å². The van der Waals surface area contributed by atoms with Crippen LogP contribution < -0.4 is 20.3 Å². The lowest BCUT2D eigenvalue weighted by Gasteiger charge is -2.47. The van der Waals surface area contributed by atoms with Crippen LogP contribution in [0.3, 0.4) is 0 Å². The molecule has 0 aliphatic carbocycles. The number of fused-ring (bicyclic) bond motifs is 1. The van der Waals surface area contributed by atoms with Crippen LogP contribution in [0, 0.1) is 11.6 Å². The Kier molecular flexibility index (Phi) is 11.2. The highest BCUT2D eigenvalue weighted by molar-refractivity contribution is 8.00. The number of carboxylic acids is 1. The molecule has 5 N–H and O–H groups in total. The minimum Gasteiger partial charge on any atom is -0.484 e. The van der Waals surface area contributed by atoms with Crippen molar-refractivity contribution < 1.29 is 42.9 Å². The number of β-lactam (4-membered cyclic amide) rings is 1. The molecule has 268 valence electrons. The first-order chi connectivity index (χ1) is 25.1. The molecule has 0 bridgehead atoms. The molecule has 4 aromatic carbocycles. The Bertz CT molecular complexity index is 2060. The Labute approximate surface area is 301 Å². The molecular weight excluding hydrogens is 695 g/mol. The summed E-state index contributed by atoms with van der Waals surface area (Å²) in [6.07, 6.45) is 0.814. The lowest BCUT2D eigenvalue weighted by atomic mass is 9.92. The SMILES string of the molecule is O=C(COc1ccc([C@@H]2[C@@H](SCC(O)c3ccc(F)cc3)C(=O)N2c2ccc(F)cc2)cc1)NCC(=O)N[C@H](Cc1c[nH]c2ccccc12)C(=O)O. The Hall–Kier alpha value is -5.73. The van der Waals surface area contributed by atoms with E-state index in [1.807, 2.05) is 24.3 Å². The standard InChI is InChI=1S/C38H34F2N4O7S/c39-25-9-5-22(6-10-25)32(45)21-52-36-35(44(37(36)48)27-13-11-26(40)12-14-27)23-7-15-28(16-8-23)51-20-34(47)42-19-33(46)43-31(38(49)50)17-24-18-41-30-4-2-1-3-29(24)30/h1-16,18,31-32,35-36,41,45H,17,19-21H2,(H,42,47)(H,43,46)(H,49,50)/t31-,32?,35-,36-/m1/s1. The van der Waals surface area contributed by atoms with Gasteiger partial charge in [-0.05, 0) is 71.3 Å². The number of thioether (sulfide) groups is 1. The van der Waals surface area contributed by atoms with Crippen LogP contribution in [0.4, 0.5) is 14.5 Å². The molecule has 0 saturated carbocycles. The van der Waals surface area contributed by atoms with E-state index in [0.29, 0.717) is 17.0 Å². The van der Waals surface area contributed by atoms with Crippen molar-refractivity contribution >= 4 is 52.0 Å². The molecule has 14 heteroatoms. The molecule has 1 fully saturated rings. The number of amides is 3. The summed E-state index contributed by atoms with van der Waals surface area (Å²) in [6.45, 7) is -0.879. The molecule has 52 heavy (non-hydrogen) atoms. The van der Waals surface area contributed by atoms with Gasteiger partial charge in [-0.3, -0.25) is 14.4 Å². The van der Waals surface area contributed by atoms with Crippen molar-refractivity contribution in [3.05, 3.63) is 132 Å². The summed E-state index contributed by atoms with van der Waals surface area (Å²) in [5, 5.41) is 25.5. The number of hydrogen-bond donors (Lipinski definition) is 5. The van der Waals surface area contributed by atoms with Gasteiger partial charge in [0.05, 0.1) is 18.7 Å². The van der Waals surface area contributed by atoms with Crippen LogP contribution in [-0.4, -0.2) is 69.1 Å². The van der Waals surface area contributed by atoms with Crippen LogP contribution in [0.5, 0.6) is 5.75 Å². The third-order valence-corrected chi connectivity index (χ3v) is 9.94. The van der Waals surface area contributed by atoms with Crippen LogP contribution in [0.25, 0.3) is 10.9 Å². The molecule has 1 aliphatic rings. The van der Waals surface area contributed by atoms with Crippen molar-refractivity contribution in [3.63, 3.8) is 0 Å². The number of carboxylic acid groups (broad SMARTS) is 1. The molecule has 1 aromatic heterocycles. The van der Waals surface area contributed by atoms with Gasteiger partial charge in [-0.2, -0.15) is 0 Å². The summed E-state index contributed by atoms with van der Waals surface area (Å²) in [4.78, 5) is 54.8. The van der Waals surface area contributed by atoms with Gasteiger partial charge < -0.3 is 35.5 Å². The fourth-order valence-corrected chi connectivity index (χ4v) is 7.22. The monoisotopic (exact) mass is 728 g/mol. The highest BCUT2D eigenvalue weighted by Gasteiger charge is 2.49. The molecule has 11 nitrogen and oxygen atoms in total. The largest absolute Gasteiger partial charge is 0.484 e. The van der Waals surface area contributed by atoms with E-state index in [9.17, 15) is 38.2 Å². The zero-order valence-corrected chi connectivity index (χ0v) is 28.3. The maximum absolute atomic E-state index is 13.7. The summed E-state index contributed by atoms with van der Waals surface area (Å²) in [6, 6.07) is 23.5. The molecule has 0 radical (unpaired) electrons. The highest BCUT2D eigenvalue weighted by atomic mass is 32.2. The summed E-state index contributed by atoms with van der Waals surface area (Å²) < 4.78 is 32.6. The number of aromatic amines is 1. The van der Waals surface area contributed by atoms with E-state index in [0.717, 1.165) is 22.0 Å². The molecule has 1 unspecified atom stereocenters. The molecule has 1 saturated heterocycles. The normalized spacial score (nSPS) is 16.5. The topological polar surface area (TPSA) is 161 Å². The van der Waals surface area contributed by atoms with Crippen molar-refractivity contribution in [3.8, 4) is 5.75 Å². The second-order valence-electron chi connectivity index (χ2n) is 12.1. The van der Waals surface area contributed by atoms with E-state index in [-0.39, 0.29) is 18.1 Å². The summed E-state index contributed by atoms with van der Waals surface area (Å²) in [5.74, 6) is -3.08. The number of aliphatic hydroxyl groups excluding tert-OH is 1. The molecule has 4 atom stereocenters. The summed E-state index contributed by atoms with van der Waals surface area (Å²) >= 11 is 1.26. The average Bonchev–Trinajstić information content (AvgIpc) is 3.55. The fourth-order valence-electron chi connectivity index (χ4n) is 5.92. The van der Waals surface area contributed by atoms with Crippen LogP contribution in [0.2, 0.25) is 0 Å². The summed E-state index contributed by atoms with van der Waals surface area (Å²) in [5.41, 5.74) is 3.32. The van der Waals surface area contributed by atoms with Crippen molar-refractivity contribution in [1.29, 1.82) is 0 Å². The Balaban J connectivity index is 1.03. The van der Waals surface area contributed by atoms with Gasteiger partial charge >= 0.3 is 5.97 Å². The first-order valence-electron chi connectivity index (χ1n) is 16.3. The predicted octanol–water partition coefficient (Wildman–Crippen LogP) is 4.68. The molecule has 2 heterocycles. The lowest BCUT2D eigenvalue weighted by molar-refractivity contribution is -0.141. The molecular formula is C38H34F2N4O7S. The number of benzene rings is 4. The predicted molar refractivity (Wildman–Crippen MR) is 191 cm³/mol. The number of ether oxygens (including phenoxy) is 1. The number of carbonyl (C=O) groups excluding carboxylic acids is 3. The zero-order valence-electron chi connectivity index (χ0n) is 27.5. The molecule has 1 aliphatic heterocycles. The number of anilines is 1. The number of carbonyl (C=O) groups is 4. The number of nitrogens with zero attached hydrogens (tertiary/aromatic N) is 1.